The van der Waals surface area contributed by atoms with E-state index in [9.17, 15) is 0 Å². The Morgan fingerprint density at radius 2 is 1.75 bits per heavy atom. The van der Waals surface area contributed by atoms with Gasteiger partial charge in [0.05, 0.1) is 16.4 Å². The van der Waals surface area contributed by atoms with Gasteiger partial charge in [-0.3, -0.25) is 0 Å². The van der Waals surface area contributed by atoms with Crippen molar-refractivity contribution in [2.75, 3.05) is 24.3 Å². The highest BCUT2D eigenvalue weighted by Gasteiger charge is 2.13. The fourth-order valence-corrected chi connectivity index (χ4v) is 2.81. The van der Waals surface area contributed by atoms with E-state index in [2.05, 4.69) is 49.5 Å². The van der Waals surface area contributed by atoms with E-state index in [1.54, 1.807) is 0 Å². The summed E-state index contributed by atoms with van der Waals surface area (Å²) in [5.74, 6) is 0. The highest BCUT2D eigenvalue weighted by atomic mass is 35.5. The number of nitrogens with zero attached hydrogens (tertiary/aromatic N) is 1. The van der Waals surface area contributed by atoms with Crippen LogP contribution >= 0.6 is 11.6 Å². The molecule has 20 heavy (non-hydrogen) atoms. The third kappa shape index (κ3) is 3.07. The van der Waals surface area contributed by atoms with Crippen LogP contribution < -0.4 is 10.2 Å². The molecule has 1 unspecified atom stereocenters. The molecular formula is C17H21ClN2. The Balaban J connectivity index is 2.31. The molecule has 0 fully saturated rings. The number of nitrogens with one attached hydrogen (secondary N) is 1. The van der Waals surface area contributed by atoms with Gasteiger partial charge in [0.25, 0.3) is 0 Å². The third-order valence-corrected chi connectivity index (χ3v) is 3.77. The zero-order valence-corrected chi connectivity index (χ0v) is 13.2. The summed E-state index contributed by atoms with van der Waals surface area (Å²) < 4.78 is 0. The van der Waals surface area contributed by atoms with Gasteiger partial charge < -0.3 is 10.2 Å². The molecule has 0 heterocycles. The van der Waals surface area contributed by atoms with E-state index in [-0.39, 0.29) is 6.04 Å². The van der Waals surface area contributed by atoms with Crippen molar-refractivity contribution in [3.63, 3.8) is 0 Å². The minimum atomic E-state index is 0.230. The van der Waals surface area contributed by atoms with Gasteiger partial charge in [0.15, 0.2) is 0 Å². The molecule has 1 N–H and O–H groups in total. The van der Waals surface area contributed by atoms with Crippen molar-refractivity contribution in [1.82, 2.24) is 0 Å². The number of anilines is 2. The van der Waals surface area contributed by atoms with Gasteiger partial charge in [-0.1, -0.05) is 41.9 Å². The van der Waals surface area contributed by atoms with Gasteiger partial charge in [-0.2, -0.15) is 0 Å². The first-order chi connectivity index (χ1) is 9.50. The van der Waals surface area contributed by atoms with Gasteiger partial charge in [0.2, 0.25) is 0 Å². The molecule has 3 heteroatoms. The molecule has 0 spiro atoms. The van der Waals surface area contributed by atoms with Gasteiger partial charge in [-0.05, 0) is 37.1 Å². The second kappa shape index (κ2) is 6.19. The summed E-state index contributed by atoms with van der Waals surface area (Å²) in [5, 5.41) is 4.32. The van der Waals surface area contributed by atoms with Crippen LogP contribution in [0.4, 0.5) is 11.4 Å². The first kappa shape index (κ1) is 14.7. The van der Waals surface area contributed by atoms with Crippen LogP contribution in [0, 0.1) is 6.92 Å². The van der Waals surface area contributed by atoms with Crippen molar-refractivity contribution in [1.29, 1.82) is 0 Å². The maximum Gasteiger partial charge on any atom is 0.0786 e. The van der Waals surface area contributed by atoms with Crippen LogP contribution in [0.25, 0.3) is 0 Å². The molecule has 0 aromatic heterocycles. The first-order valence-electron chi connectivity index (χ1n) is 6.78. The van der Waals surface area contributed by atoms with Crippen LogP contribution in [-0.2, 0) is 0 Å². The first-order valence-corrected chi connectivity index (χ1v) is 7.16. The molecule has 0 aliphatic rings. The Morgan fingerprint density at radius 3 is 2.40 bits per heavy atom. The van der Waals surface area contributed by atoms with Crippen molar-refractivity contribution >= 4 is 23.0 Å². The third-order valence-electron chi connectivity index (χ3n) is 3.46. The molecule has 0 saturated heterocycles. The van der Waals surface area contributed by atoms with Crippen LogP contribution in [0.2, 0.25) is 5.02 Å². The molecule has 0 aliphatic carbocycles. The Morgan fingerprint density at radius 1 is 1.05 bits per heavy atom. The average Bonchev–Trinajstić information content (AvgIpc) is 2.38. The summed E-state index contributed by atoms with van der Waals surface area (Å²) in [4.78, 5) is 2.04. The number of hydrogen-bond donors (Lipinski definition) is 1. The topological polar surface area (TPSA) is 15.3 Å². The van der Waals surface area contributed by atoms with Crippen LogP contribution in [0.3, 0.4) is 0 Å². The van der Waals surface area contributed by atoms with Crippen LogP contribution in [0.1, 0.15) is 24.1 Å². The van der Waals surface area contributed by atoms with Crippen molar-refractivity contribution in [2.45, 2.75) is 19.9 Å². The van der Waals surface area contributed by atoms with Gasteiger partial charge in [-0.25, -0.2) is 0 Å². The van der Waals surface area contributed by atoms with Gasteiger partial charge in [0.1, 0.15) is 0 Å². The molecule has 2 nitrogen and oxygen atoms in total. The Bertz CT molecular complexity index is 593. The number of aryl methyl sites for hydroxylation is 1. The largest absolute Gasteiger partial charge is 0.377 e. The lowest BCUT2D eigenvalue weighted by atomic mass is 10.0. The van der Waals surface area contributed by atoms with E-state index < -0.39 is 0 Å². The number of halogens is 1. The molecule has 0 amide bonds. The van der Waals surface area contributed by atoms with Crippen LogP contribution in [0.5, 0.6) is 0 Å². The quantitative estimate of drug-likeness (QED) is 0.862. The number of para-hydroxylation sites is 1. The van der Waals surface area contributed by atoms with Crippen molar-refractivity contribution in [2.24, 2.45) is 0 Å². The zero-order valence-electron chi connectivity index (χ0n) is 12.4. The predicted octanol–water partition coefficient (Wildman–Crippen LogP) is 4.89. The number of benzene rings is 2. The fourth-order valence-electron chi connectivity index (χ4n) is 2.47. The second-order valence-electron chi connectivity index (χ2n) is 5.25. The summed E-state index contributed by atoms with van der Waals surface area (Å²) in [6, 6.07) is 14.6. The van der Waals surface area contributed by atoms with Gasteiger partial charge in [0, 0.05) is 20.1 Å². The van der Waals surface area contributed by atoms with E-state index in [4.69, 9.17) is 11.6 Å². The monoisotopic (exact) mass is 288 g/mol. The van der Waals surface area contributed by atoms with Crippen molar-refractivity contribution in [3.05, 3.63) is 58.6 Å². The smallest absolute Gasteiger partial charge is 0.0786 e. The minimum absolute atomic E-state index is 0.230. The minimum Gasteiger partial charge on any atom is -0.377 e. The Labute approximate surface area is 126 Å². The Hall–Kier alpha value is -1.67. The predicted molar refractivity (Wildman–Crippen MR) is 89.0 cm³/mol. The summed E-state index contributed by atoms with van der Waals surface area (Å²) in [6.07, 6.45) is 0. The summed E-state index contributed by atoms with van der Waals surface area (Å²) in [6.45, 7) is 4.31. The molecule has 2 aromatic carbocycles. The SMILES string of the molecule is Cc1ccccc1C(C)Nc1cccc(Cl)c1N(C)C. The van der Waals surface area contributed by atoms with E-state index in [1.807, 2.05) is 31.1 Å². The molecule has 0 saturated carbocycles. The molecule has 0 radical (unpaired) electrons. The second-order valence-corrected chi connectivity index (χ2v) is 5.66. The zero-order chi connectivity index (χ0) is 14.7. The van der Waals surface area contributed by atoms with Crippen molar-refractivity contribution < 1.29 is 0 Å². The molecule has 2 rings (SSSR count). The lowest BCUT2D eigenvalue weighted by molar-refractivity contribution is 0.872. The molecule has 2 aromatic rings. The summed E-state index contributed by atoms with van der Waals surface area (Å²) in [7, 11) is 4.01. The lowest BCUT2D eigenvalue weighted by Gasteiger charge is -2.24. The number of hydrogen-bond acceptors (Lipinski definition) is 2. The van der Waals surface area contributed by atoms with Crippen LogP contribution in [0.15, 0.2) is 42.5 Å². The average molecular weight is 289 g/mol. The van der Waals surface area contributed by atoms with Gasteiger partial charge >= 0.3 is 0 Å². The molecule has 1 atom stereocenters. The highest BCUT2D eigenvalue weighted by molar-refractivity contribution is 6.34. The van der Waals surface area contributed by atoms with E-state index >= 15 is 0 Å². The number of rotatable bonds is 4. The molecule has 106 valence electrons. The maximum absolute atomic E-state index is 6.30. The van der Waals surface area contributed by atoms with Gasteiger partial charge in [-0.15, -0.1) is 0 Å². The van der Waals surface area contributed by atoms with Crippen LogP contribution in [-0.4, -0.2) is 14.1 Å². The summed E-state index contributed by atoms with van der Waals surface area (Å²) >= 11 is 6.30. The highest BCUT2D eigenvalue weighted by Crippen LogP contribution is 2.34. The molecule has 0 bridgehead atoms. The Kier molecular flexibility index (Phi) is 4.56. The van der Waals surface area contributed by atoms with E-state index in [0.717, 1.165) is 16.4 Å². The maximum atomic E-state index is 6.30. The van der Waals surface area contributed by atoms with E-state index in [0.29, 0.717) is 0 Å². The fraction of sp³-hybridized carbons (Fsp3) is 0.294. The van der Waals surface area contributed by atoms with Crippen molar-refractivity contribution in [3.8, 4) is 0 Å². The molecular weight excluding hydrogens is 268 g/mol. The molecule has 0 aliphatic heterocycles. The summed E-state index contributed by atoms with van der Waals surface area (Å²) in [5.41, 5.74) is 4.67. The van der Waals surface area contributed by atoms with E-state index in [1.165, 1.54) is 11.1 Å². The lowest BCUT2D eigenvalue weighted by Crippen LogP contribution is -2.15. The standard InChI is InChI=1S/C17H21ClN2/c1-12-8-5-6-9-14(12)13(2)19-16-11-7-10-15(18)17(16)20(3)4/h5-11,13,19H,1-4H3. The normalized spacial score (nSPS) is 12.1.